The molecule has 1 fully saturated rings. The van der Waals surface area contributed by atoms with Gasteiger partial charge in [-0.1, -0.05) is 18.6 Å². The molecular weight excluding hydrogens is 370 g/mol. The van der Waals surface area contributed by atoms with Gasteiger partial charge in [-0.25, -0.2) is 0 Å². The fourth-order valence-corrected chi connectivity index (χ4v) is 3.61. The highest BCUT2D eigenvalue weighted by atomic mass is 16.5. The number of likely N-dealkylation sites (tertiary alicyclic amines) is 1. The van der Waals surface area contributed by atoms with Gasteiger partial charge in [-0.05, 0) is 62.7 Å². The SMILES string of the molecule is COc1ccc(C(CNC(=O)C(C)NC(=O)c2ccco2)N2CCCCC2)cc1. The van der Waals surface area contributed by atoms with Crippen molar-refractivity contribution in [2.75, 3.05) is 26.7 Å². The third-order valence-corrected chi connectivity index (χ3v) is 5.29. The van der Waals surface area contributed by atoms with Crippen LogP contribution in [0.1, 0.15) is 48.3 Å². The highest BCUT2D eigenvalue weighted by molar-refractivity contribution is 5.95. The molecule has 1 aromatic carbocycles. The number of amides is 2. The second-order valence-electron chi connectivity index (χ2n) is 7.30. The van der Waals surface area contributed by atoms with E-state index in [0.717, 1.165) is 37.2 Å². The number of nitrogens with zero attached hydrogens (tertiary/aromatic N) is 1. The van der Waals surface area contributed by atoms with Crippen molar-refractivity contribution >= 4 is 11.8 Å². The van der Waals surface area contributed by atoms with Crippen LogP contribution in [-0.2, 0) is 4.79 Å². The molecule has 2 N–H and O–H groups in total. The van der Waals surface area contributed by atoms with Gasteiger partial charge in [0.25, 0.3) is 5.91 Å². The lowest BCUT2D eigenvalue weighted by atomic mass is 10.0. The molecule has 7 nitrogen and oxygen atoms in total. The Kier molecular flexibility index (Phi) is 7.30. The van der Waals surface area contributed by atoms with Gasteiger partial charge in [0.2, 0.25) is 5.91 Å². The second-order valence-corrected chi connectivity index (χ2v) is 7.30. The second kappa shape index (κ2) is 10.1. The number of carbonyl (C=O) groups is 2. The van der Waals surface area contributed by atoms with Gasteiger partial charge in [0.15, 0.2) is 5.76 Å². The molecule has 1 saturated heterocycles. The van der Waals surface area contributed by atoms with Crippen molar-refractivity contribution in [3.63, 3.8) is 0 Å². The summed E-state index contributed by atoms with van der Waals surface area (Å²) in [5.41, 5.74) is 1.14. The van der Waals surface area contributed by atoms with E-state index in [2.05, 4.69) is 15.5 Å². The van der Waals surface area contributed by atoms with Gasteiger partial charge in [0.05, 0.1) is 19.4 Å². The number of nitrogens with one attached hydrogen (secondary N) is 2. The number of benzene rings is 1. The zero-order valence-corrected chi connectivity index (χ0v) is 17.0. The predicted molar refractivity (Wildman–Crippen MR) is 110 cm³/mol. The molecule has 2 heterocycles. The number of carbonyl (C=O) groups excluding carboxylic acids is 2. The largest absolute Gasteiger partial charge is 0.497 e. The van der Waals surface area contributed by atoms with Crippen LogP contribution in [0.5, 0.6) is 5.75 Å². The Hall–Kier alpha value is -2.80. The van der Waals surface area contributed by atoms with Crippen molar-refractivity contribution in [1.29, 1.82) is 0 Å². The first-order valence-corrected chi connectivity index (χ1v) is 10.1. The van der Waals surface area contributed by atoms with Crippen molar-refractivity contribution in [2.24, 2.45) is 0 Å². The summed E-state index contributed by atoms with van der Waals surface area (Å²) in [7, 11) is 1.65. The molecule has 2 amide bonds. The number of ether oxygens (including phenoxy) is 1. The third kappa shape index (κ3) is 5.60. The summed E-state index contributed by atoms with van der Waals surface area (Å²) in [6, 6.07) is 10.6. The Balaban J connectivity index is 1.62. The van der Waals surface area contributed by atoms with Crippen LogP contribution in [0.3, 0.4) is 0 Å². The van der Waals surface area contributed by atoms with Crippen LogP contribution in [0, 0.1) is 0 Å². The maximum Gasteiger partial charge on any atom is 0.287 e. The van der Waals surface area contributed by atoms with E-state index in [-0.39, 0.29) is 17.7 Å². The first-order chi connectivity index (χ1) is 14.1. The first kappa shape index (κ1) is 20.9. The van der Waals surface area contributed by atoms with Gasteiger partial charge in [0.1, 0.15) is 11.8 Å². The number of rotatable bonds is 8. The molecule has 2 unspecified atom stereocenters. The smallest absolute Gasteiger partial charge is 0.287 e. The van der Waals surface area contributed by atoms with E-state index < -0.39 is 11.9 Å². The molecule has 29 heavy (non-hydrogen) atoms. The molecule has 156 valence electrons. The minimum atomic E-state index is -0.662. The zero-order valence-electron chi connectivity index (χ0n) is 17.0. The number of piperidine rings is 1. The topological polar surface area (TPSA) is 83.8 Å². The fraction of sp³-hybridized carbons (Fsp3) is 0.455. The summed E-state index contributed by atoms with van der Waals surface area (Å²) in [6.07, 6.45) is 5.00. The summed E-state index contributed by atoms with van der Waals surface area (Å²) in [5.74, 6) is 0.374. The standard InChI is InChI=1S/C22H29N3O4/c1-16(24-22(27)20-7-6-14-29-20)21(26)23-15-19(25-12-4-3-5-13-25)17-8-10-18(28-2)11-9-17/h6-11,14,16,19H,3-5,12-13,15H2,1-2H3,(H,23,26)(H,24,27). The molecule has 0 bridgehead atoms. The molecule has 0 aliphatic carbocycles. The average Bonchev–Trinajstić information content (AvgIpc) is 3.30. The van der Waals surface area contributed by atoms with Crippen LogP contribution < -0.4 is 15.4 Å². The highest BCUT2D eigenvalue weighted by Gasteiger charge is 2.24. The monoisotopic (exact) mass is 399 g/mol. The van der Waals surface area contributed by atoms with Gasteiger partial charge in [-0.2, -0.15) is 0 Å². The molecule has 0 spiro atoms. The van der Waals surface area contributed by atoms with Gasteiger partial charge in [-0.15, -0.1) is 0 Å². The summed E-state index contributed by atoms with van der Waals surface area (Å²) < 4.78 is 10.3. The average molecular weight is 399 g/mol. The van der Waals surface area contributed by atoms with E-state index >= 15 is 0 Å². The Labute approximate surface area is 171 Å². The van der Waals surface area contributed by atoms with Crippen LogP contribution in [0.15, 0.2) is 47.1 Å². The van der Waals surface area contributed by atoms with Crippen molar-refractivity contribution < 1.29 is 18.7 Å². The fourth-order valence-electron chi connectivity index (χ4n) is 3.61. The Morgan fingerprint density at radius 1 is 1.14 bits per heavy atom. The first-order valence-electron chi connectivity index (χ1n) is 10.1. The van der Waals surface area contributed by atoms with Crippen LogP contribution in [0.4, 0.5) is 0 Å². The maximum absolute atomic E-state index is 12.6. The summed E-state index contributed by atoms with van der Waals surface area (Å²) in [4.78, 5) is 27.1. The van der Waals surface area contributed by atoms with Crippen molar-refractivity contribution in [3.05, 3.63) is 54.0 Å². The van der Waals surface area contributed by atoms with Crippen LogP contribution in [-0.4, -0.2) is 49.5 Å². The summed E-state index contributed by atoms with van der Waals surface area (Å²) in [5, 5.41) is 5.67. The minimum absolute atomic E-state index is 0.0816. The van der Waals surface area contributed by atoms with Crippen LogP contribution in [0.2, 0.25) is 0 Å². The normalized spacial score (nSPS) is 16.6. The Morgan fingerprint density at radius 2 is 1.86 bits per heavy atom. The van der Waals surface area contributed by atoms with E-state index in [1.165, 1.54) is 12.7 Å². The van der Waals surface area contributed by atoms with Gasteiger partial charge < -0.3 is 19.8 Å². The molecule has 2 atom stereocenters. The van der Waals surface area contributed by atoms with E-state index in [1.807, 2.05) is 24.3 Å². The van der Waals surface area contributed by atoms with Crippen LogP contribution in [0.25, 0.3) is 0 Å². The Bertz CT molecular complexity index is 783. The van der Waals surface area contributed by atoms with Gasteiger partial charge in [-0.3, -0.25) is 14.5 Å². The molecule has 1 aliphatic rings. The van der Waals surface area contributed by atoms with E-state index in [9.17, 15) is 9.59 Å². The van der Waals surface area contributed by atoms with E-state index in [1.54, 1.807) is 26.2 Å². The minimum Gasteiger partial charge on any atom is -0.497 e. The van der Waals surface area contributed by atoms with Gasteiger partial charge in [0, 0.05) is 6.54 Å². The van der Waals surface area contributed by atoms with E-state index in [4.69, 9.17) is 9.15 Å². The zero-order chi connectivity index (χ0) is 20.6. The molecule has 2 aromatic rings. The number of methoxy groups -OCH3 is 1. The quantitative estimate of drug-likeness (QED) is 0.713. The molecule has 1 aromatic heterocycles. The van der Waals surface area contributed by atoms with E-state index in [0.29, 0.717) is 6.54 Å². The molecule has 0 saturated carbocycles. The molecule has 7 heteroatoms. The van der Waals surface area contributed by atoms with Crippen molar-refractivity contribution in [2.45, 2.75) is 38.3 Å². The lowest BCUT2D eigenvalue weighted by Crippen LogP contribution is -2.47. The molecule has 0 radical (unpaired) electrons. The van der Waals surface area contributed by atoms with Gasteiger partial charge >= 0.3 is 0 Å². The Morgan fingerprint density at radius 3 is 2.48 bits per heavy atom. The number of hydrogen-bond donors (Lipinski definition) is 2. The van der Waals surface area contributed by atoms with Crippen molar-refractivity contribution in [1.82, 2.24) is 15.5 Å². The number of furan rings is 1. The molecule has 3 rings (SSSR count). The summed E-state index contributed by atoms with van der Waals surface area (Å²) in [6.45, 7) is 4.17. The molecule has 1 aliphatic heterocycles. The third-order valence-electron chi connectivity index (χ3n) is 5.29. The molecular formula is C22H29N3O4. The highest BCUT2D eigenvalue weighted by Crippen LogP contribution is 2.25. The predicted octanol–water partition coefficient (Wildman–Crippen LogP) is 2.75. The van der Waals surface area contributed by atoms with Crippen molar-refractivity contribution in [3.8, 4) is 5.75 Å². The maximum atomic E-state index is 12.6. The lowest BCUT2D eigenvalue weighted by molar-refractivity contribution is -0.122. The number of hydrogen-bond acceptors (Lipinski definition) is 5. The van der Waals surface area contributed by atoms with Crippen LogP contribution >= 0.6 is 0 Å². The summed E-state index contributed by atoms with van der Waals surface area (Å²) >= 11 is 0. The lowest BCUT2D eigenvalue weighted by Gasteiger charge is -2.35.